The van der Waals surface area contributed by atoms with E-state index in [1.54, 1.807) is 0 Å². The van der Waals surface area contributed by atoms with Gasteiger partial charge in [0.05, 0.1) is 18.0 Å². The maximum absolute atomic E-state index is 6.03. The standard InChI is InChI=1S/C16H24N6O/c1-3-4-9(2)23-16-20-14(17)15-19-6-10(22(15)21-16)5-11-12-7-18-8-13(11)12/h6,9,11-13,18H,3-5,7-8H2,1-2H3,(H2,17,20,21)/t9-,11?,12?,13?/m0/s1. The Morgan fingerprint density at radius 1 is 1.43 bits per heavy atom. The summed E-state index contributed by atoms with van der Waals surface area (Å²) in [6.07, 6.45) is 4.99. The maximum atomic E-state index is 6.03. The highest BCUT2D eigenvalue weighted by Crippen LogP contribution is 2.50. The number of piperidine rings is 1. The lowest BCUT2D eigenvalue weighted by Gasteiger charge is -2.12. The first-order chi connectivity index (χ1) is 11.2. The van der Waals surface area contributed by atoms with Gasteiger partial charge in [0.25, 0.3) is 0 Å². The van der Waals surface area contributed by atoms with Gasteiger partial charge < -0.3 is 15.8 Å². The van der Waals surface area contributed by atoms with E-state index in [-0.39, 0.29) is 6.10 Å². The fourth-order valence-electron chi connectivity index (χ4n) is 3.85. The third kappa shape index (κ3) is 2.63. The van der Waals surface area contributed by atoms with E-state index >= 15 is 0 Å². The van der Waals surface area contributed by atoms with E-state index in [1.807, 2.05) is 17.6 Å². The summed E-state index contributed by atoms with van der Waals surface area (Å²) in [6, 6.07) is 0.341. The van der Waals surface area contributed by atoms with Gasteiger partial charge in [0, 0.05) is 0 Å². The number of ether oxygens (including phenoxy) is 1. The molecule has 2 aromatic heterocycles. The van der Waals surface area contributed by atoms with E-state index in [0.717, 1.165) is 55.8 Å². The molecule has 124 valence electrons. The second kappa shape index (κ2) is 5.63. The third-order valence-electron chi connectivity index (χ3n) is 5.15. The first kappa shape index (κ1) is 14.7. The van der Waals surface area contributed by atoms with Crippen molar-refractivity contribution in [1.29, 1.82) is 0 Å². The van der Waals surface area contributed by atoms with Crippen molar-refractivity contribution in [3.8, 4) is 6.01 Å². The van der Waals surface area contributed by atoms with Crippen molar-refractivity contribution < 1.29 is 4.74 Å². The van der Waals surface area contributed by atoms with Crippen LogP contribution in [-0.4, -0.2) is 38.8 Å². The van der Waals surface area contributed by atoms with E-state index in [2.05, 4.69) is 27.3 Å². The molecule has 2 unspecified atom stereocenters. The summed E-state index contributed by atoms with van der Waals surface area (Å²) in [7, 11) is 0. The Balaban J connectivity index is 1.57. The second-order valence-electron chi connectivity index (χ2n) is 6.84. The molecule has 0 radical (unpaired) electrons. The highest BCUT2D eigenvalue weighted by atomic mass is 16.5. The van der Waals surface area contributed by atoms with Crippen LogP contribution in [0.15, 0.2) is 6.20 Å². The number of imidazole rings is 1. The minimum absolute atomic E-state index is 0.0812. The molecule has 1 aliphatic heterocycles. The second-order valence-corrected chi connectivity index (χ2v) is 6.84. The fraction of sp³-hybridized carbons (Fsp3) is 0.688. The van der Waals surface area contributed by atoms with Crippen molar-refractivity contribution in [1.82, 2.24) is 24.9 Å². The summed E-state index contributed by atoms with van der Waals surface area (Å²) >= 11 is 0. The van der Waals surface area contributed by atoms with E-state index in [1.165, 1.54) is 0 Å². The van der Waals surface area contributed by atoms with Crippen molar-refractivity contribution in [3.63, 3.8) is 0 Å². The van der Waals surface area contributed by atoms with Gasteiger partial charge in [-0.1, -0.05) is 13.3 Å². The van der Waals surface area contributed by atoms with Crippen molar-refractivity contribution in [2.24, 2.45) is 17.8 Å². The smallest absolute Gasteiger partial charge is 0.336 e. The number of rotatable bonds is 6. The van der Waals surface area contributed by atoms with Gasteiger partial charge in [-0.15, -0.1) is 5.10 Å². The minimum atomic E-state index is 0.0812. The molecule has 0 bridgehead atoms. The van der Waals surface area contributed by atoms with Crippen LogP contribution in [0.2, 0.25) is 0 Å². The van der Waals surface area contributed by atoms with Gasteiger partial charge >= 0.3 is 6.01 Å². The normalized spacial score (nSPS) is 27.1. The molecule has 1 saturated heterocycles. The molecule has 0 spiro atoms. The highest BCUT2D eigenvalue weighted by molar-refractivity contribution is 5.59. The summed E-state index contributed by atoms with van der Waals surface area (Å²) in [5.74, 6) is 2.76. The van der Waals surface area contributed by atoms with Crippen LogP contribution in [-0.2, 0) is 6.42 Å². The molecule has 3 heterocycles. The molecule has 2 fully saturated rings. The number of nitrogens with one attached hydrogen (secondary N) is 1. The van der Waals surface area contributed by atoms with E-state index < -0.39 is 0 Å². The highest BCUT2D eigenvalue weighted by Gasteiger charge is 2.52. The zero-order valence-electron chi connectivity index (χ0n) is 13.7. The Morgan fingerprint density at radius 2 is 2.22 bits per heavy atom. The molecule has 4 rings (SSSR count). The third-order valence-corrected chi connectivity index (χ3v) is 5.15. The molecule has 1 saturated carbocycles. The SMILES string of the molecule is CCC[C@H](C)Oc1nc(N)c2ncc(CC3C4CNCC43)n2n1. The van der Waals surface area contributed by atoms with Crippen LogP contribution >= 0.6 is 0 Å². The molecule has 2 aromatic rings. The molecule has 3 N–H and O–H groups in total. The van der Waals surface area contributed by atoms with Crippen LogP contribution in [0.3, 0.4) is 0 Å². The Morgan fingerprint density at radius 3 is 2.96 bits per heavy atom. The number of fused-ring (bicyclic) bond motifs is 2. The topological polar surface area (TPSA) is 90.4 Å². The zero-order valence-corrected chi connectivity index (χ0v) is 13.7. The van der Waals surface area contributed by atoms with Crippen LogP contribution in [0, 0.1) is 17.8 Å². The van der Waals surface area contributed by atoms with Gasteiger partial charge in [0.1, 0.15) is 0 Å². The predicted octanol–water partition coefficient (Wildman–Crippen LogP) is 1.28. The number of nitrogen functional groups attached to an aromatic ring is 1. The van der Waals surface area contributed by atoms with Crippen LogP contribution in [0.5, 0.6) is 6.01 Å². The number of aromatic nitrogens is 4. The van der Waals surface area contributed by atoms with Crippen molar-refractivity contribution >= 4 is 11.5 Å². The molecule has 2 aliphatic rings. The van der Waals surface area contributed by atoms with Crippen LogP contribution in [0.4, 0.5) is 5.82 Å². The van der Waals surface area contributed by atoms with Crippen molar-refractivity contribution in [2.45, 2.75) is 39.2 Å². The lowest BCUT2D eigenvalue weighted by Crippen LogP contribution is -2.17. The molecular weight excluding hydrogens is 292 g/mol. The average molecular weight is 316 g/mol. The number of nitrogens with two attached hydrogens (primary N) is 1. The predicted molar refractivity (Wildman–Crippen MR) is 87.2 cm³/mol. The Kier molecular flexibility index (Phi) is 3.60. The molecule has 7 heteroatoms. The van der Waals surface area contributed by atoms with E-state index in [4.69, 9.17) is 10.5 Å². The molecule has 0 amide bonds. The maximum Gasteiger partial charge on any atom is 0.336 e. The number of hydrogen-bond donors (Lipinski definition) is 2. The zero-order chi connectivity index (χ0) is 16.0. The fourth-order valence-corrected chi connectivity index (χ4v) is 3.85. The van der Waals surface area contributed by atoms with Gasteiger partial charge in [-0.3, -0.25) is 0 Å². The Hall–Kier alpha value is -1.89. The van der Waals surface area contributed by atoms with Crippen LogP contribution in [0.25, 0.3) is 5.65 Å². The molecule has 0 aromatic carbocycles. The van der Waals surface area contributed by atoms with Crippen LogP contribution in [0.1, 0.15) is 32.4 Å². The summed E-state index contributed by atoms with van der Waals surface area (Å²) in [4.78, 5) is 8.63. The molecular formula is C16H24N6O. The number of anilines is 1. The molecule has 23 heavy (non-hydrogen) atoms. The lowest BCUT2D eigenvalue weighted by atomic mass is 10.1. The number of hydrogen-bond acceptors (Lipinski definition) is 6. The number of nitrogens with zero attached hydrogens (tertiary/aromatic N) is 4. The summed E-state index contributed by atoms with van der Waals surface area (Å²) in [6.45, 7) is 6.45. The first-order valence-corrected chi connectivity index (χ1v) is 8.55. The molecule has 1 aliphatic carbocycles. The Labute approximate surface area is 135 Å². The summed E-state index contributed by atoms with van der Waals surface area (Å²) < 4.78 is 7.62. The van der Waals surface area contributed by atoms with Gasteiger partial charge in [-0.05, 0) is 50.6 Å². The quantitative estimate of drug-likeness (QED) is 0.834. The monoisotopic (exact) mass is 316 g/mol. The van der Waals surface area contributed by atoms with E-state index in [9.17, 15) is 0 Å². The van der Waals surface area contributed by atoms with Gasteiger partial charge in [0.15, 0.2) is 11.5 Å². The minimum Gasteiger partial charge on any atom is -0.459 e. The summed E-state index contributed by atoms with van der Waals surface area (Å²) in [5.41, 5.74) is 7.76. The van der Waals surface area contributed by atoms with Gasteiger partial charge in [0.2, 0.25) is 0 Å². The molecule has 3 atom stereocenters. The van der Waals surface area contributed by atoms with E-state index in [0.29, 0.717) is 17.5 Å². The molecule has 7 nitrogen and oxygen atoms in total. The van der Waals surface area contributed by atoms with Crippen molar-refractivity contribution in [3.05, 3.63) is 11.9 Å². The average Bonchev–Trinajstić information content (AvgIpc) is 2.89. The largest absolute Gasteiger partial charge is 0.459 e. The lowest BCUT2D eigenvalue weighted by molar-refractivity contribution is 0.189. The van der Waals surface area contributed by atoms with Crippen molar-refractivity contribution in [2.75, 3.05) is 18.8 Å². The first-order valence-electron chi connectivity index (χ1n) is 8.55. The Bertz CT molecular complexity index is 704. The van der Waals surface area contributed by atoms with Gasteiger partial charge in [-0.2, -0.15) is 4.98 Å². The van der Waals surface area contributed by atoms with Crippen LogP contribution < -0.4 is 15.8 Å². The summed E-state index contributed by atoms with van der Waals surface area (Å²) in [5, 5.41) is 7.95. The van der Waals surface area contributed by atoms with Gasteiger partial charge in [-0.25, -0.2) is 9.50 Å².